The summed E-state index contributed by atoms with van der Waals surface area (Å²) in [7, 11) is 3.03. The number of rotatable bonds is 6. The van der Waals surface area contributed by atoms with Crippen molar-refractivity contribution < 1.29 is 27.4 Å². The van der Waals surface area contributed by atoms with Crippen LogP contribution in [-0.2, 0) is 23.9 Å². The van der Waals surface area contributed by atoms with Crippen molar-refractivity contribution in [1.82, 2.24) is 5.32 Å². The van der Waals surface area contributed by atoms with Crippen molar-refractivity contribution in [3.05, 3.63) is 59.2 Å². The fourth-order valence-corrected chi connectivity index (χ4v) is 2.25. The molecule has 0 heterocycles. The van der Waals surface area contributed by atoms with Gasteiger partial charge in [0, 0.05) is 6.54 Å². The lowest BCUT2D eigenvalue weighted by atomic mass is 10.1. The largest absolute Gasteiger partial charge is 0.493 e. The highest BCUT2D eigenvalue weighted by atomic mass is 19.4. The Hall–Kier alpha value is -2.70. The molecule has 134 valence electrons. The maximum absolute atomic E-state index is 12.5. The highest BCUT2D eigenvalue weighted by molar-refractivity contribution is 5.78. The van der Waals surface area contributed by atoms with Gasteiger partial charge < -0.3 is 14.8 Å². The molecule has 4 nitrogen and oxygen atoms in total. The van der Waals surface area contributed by atoms with Crippen molar-refractivity contribution in [3.63, 3.8) is 0 Å². The number of amides is 1. The summed E-state index contributed by atoms with van der Waals surface area (Å²) < 4.78 is 47.8. The average molecular weight is 353 g/mol. The number of hydrogen-bond acceptors (Lipinski definition) is 3. The molecule has 0 unspecified atom stereocenters. The number of methoxy groups -OCH3 is 2. The van der Waals surface area contributed by atoms with E-state index in [9.17, 15) is 18.0 Å². The SMILES string of the molecule is COc1ccc(CC(=O)NCc2ccc(C(F)(F)F)cc2)cc1OC. The molecule has 2 rings (SSSR count). The summed E-state index contributed by atoms with van der Waals surface area (Å²) in [5.74, 6) is 0.846. The van der Waals surface area contributed by atoms with Crippen molar-refractivity contribution in [2.24, 2.45) is 0 Å². The first kappa shape index (κ1) is 18.6. The summed E-state index contributed by atoms with van der Waals surface area (Å²) >= 11 is 0. The van der Waals surface area contributed by atoms with Crippen molar-refractivity contribution in [2.45, 2.75) is 19.1 Å². The Labute approximate surface area is 143 Å². The van der Waals surface area contributed by atoms with Crippen LogP contribution in [-0.4, -0.2) is 20.1 Å². The number of ether oxygens (including phenoxy) is 2. The van der Waals surface area contributed by atoms with Crippen LogP contribution in [0.3, 0.4) is 0 Å². The molecule has 0 saturated carbocycles. The minimum Gasteiger partial charge on any atom is -0.493 e. The molecule has 2 aromatic carbocycles. The van der Waals surface area contributed by atoms with Gasteiger partial charge in [0.15, 0.2) is 11.5 Å². The van der Waals surface area contributed by atoms with Gasteiger partial charge in [0.1, 0.15) is 0 Å². The first-order valence-corrected chi connectivity index (χ1v) is 7.47. The van der Waals surface area contributed by atoms with Crippen LogP contribution in [0, 0.1) is 0 Å². The average Bonchev–Trinajstić information content (AvgIpc) is 2.59. The predicted octanol–water partition coefficient (Wildman–Crippen LogP) is 3.58. The molecule has 25 heavy (non-hydrogen) atoms. The molecule has 0 atom stereocenters. The normalized spacial score (nSPS) is 11.1. The Morgan fingerprint density at radius 1 is 0.960 bits per heavy atom. The second-order valence-corrected chi connectivity index (χ2v) is 5.34. The molecule has 0 aromatic heterocycles. The van der Waals surface area contributed by atoms with E-state index in [0.29, 0.717) is 17.1 Å². The van der Waals surface area contributed by atoms with Gasteiger partial charge in [-0.3, -0.25) is 4.79 Å². The highest BCUT2D eigenvalue weighted by Crippen LogP contribution is 2.29. The van der Waals surface area contributed by atoms with Crippen LogP contribution in [0.5, 0.6) is 11.5 Å². The molecule has 0 fully saturated rings. The zero-order valence-corrected chi connectivity index (χ0v) is 13.8. The van der Waals surface area contributed by atoms with Gasteiger partial charge in [0.25, 0.3) is 0 Å². The van der Waals surface area contributed by atoms with Gasteiger partial charge in [-0.2, -0.15) is 13.2 Å². The first-order chi connectivity index (χ1) is 11.8. The minimum absolute atomic E-state index is 0.126. The molecule has 0 aliphatic rings. The molecule has 2 aromatic rings. The third-order valence-corrected chi connectivity index (χ3v) is 3.58. The molecule has 7 heteroatoms. The molecule has 0 aliphatic carbocycles. The number of nitrogens with one attached hydrogen (secondary N) is 1. The Morgan fingerprint density at radius 3 is 2.12 bits per heavy atom. The molecule has 0 saturated heterocycles. The molecule has 0 radical (unpaired) electrons. The molecule has 0 bridgehead atoms. The van der Waals surface area contributed by atoms with Gasteiger partial charge in [-0.1, -0.05) is 18.2 Å². The molecule has 1 N–H and O–H groups in total. The lowest BCUT2D eigenvalue weighted by Crippen LogP contribution is -2.24. The molecular weight excluding hydrogens is 335 g/mol. The van der Waals surface area contributed by atoms with E-state index in [0.717, 1.165) is 17.7 Å². The second-order valence-electron chi connectivity index (χ2n) is 5.34. The fourth-order valence-electron chi connectivity index (χ4n) is 2.25. The van der Waals surface area contributed by atoms with E-state index in [-0.39, 0.29) is 18.9 Å². The van der Waals surface area contributed by atoms with Gasteiger partial charge in [0.2, 0.25) is 5.91 Å². The number of hydrogen-bond donors (Lipinski definition) is 1. The fraction of sp³-hybridized carbons (Fsp3) is 0.278. The third-order valence-electron chi connectivity index (χ3n) is 3.58. The van der Waals surface area contributed by atoms with E-state index in [2.05, 4.69) is 5.32 Å². The zero-order chi connectivity index (χ0) is 18.4. The number of benzene rings is 2. The monoisotopic (exact) mass is 353 g/mol. The first-order valence-electron chi connectivity index (χ1n) is 7.47. The van der Waals surface area contributed by atoms with Gasteiger partial charge in [-0.05, 0) is 35.4 Å². The quantitative estimate of drug-likeness (QED) is 0.864. The van der Waals surface area contributed by atoms with Gasteiger partial charge in [-0.25, -0.2) is 0 Å². The standard InChI is InChI=1S/C18H18F3NO3/c1-24-15-8-5-13(9-16(15)25-2)10-17(23)22-11-12-3-6-14(7-4-12)18(19,20)21/h3-9H,10-11H2,1-2H3,(H,22,23). The summed E-state index contributed by atoms with van der Waals surface area (Å²) in [5, 5.41) is 2.68. The van der Waals surface area contributed by atoms with Crippen LogP contribution in [0.1, 0.15) is 16.7 Å². The summed E-state index contributed by atoms with van der Waals surface area (Å²) in [6, 6.07) is 9.84. The summed E-state index contributed by atoms with van der Waals surface area (Å²) in [6.45, 7) is 0.157. The summed E-state index contributed by atoms with van der Waals surface area (Å²) in [6.07, 6.45) is -4.24. The van der Waals surface area contributed by atoms with Crippen LogP contribution in [0.2, 0.25) is 0 Å². The number of halogens is 3. The maximum Gasteiger partial charge on any atom is 0.416 e. The van der Waals surface area contributed by atoms with Crippen LogP contribution < -0.4 is 14.8 Å². The summed E-state index contributed by atoms with van der Waals surface area (Å²) in [5.41, 5.74) is 0.615. The van der Waals surface area contributed by atoms with E-state index in [1.807, 2.05) is 0 Å². The second kappa shape index (κ2) is 7.92. The van der Waals surface area contributed by atoms with Crippen LogP contribution in [0.25, 0.3) is 0 Å². The number of alkyl halides is 3. The zero-order valence-electron chi connectivity index (χ0n) is 13.8. The van der Waals surface area contributed by atoms with E-state index in [1.165, 1.54) is 26.4 Å². The van der Waals surface area contributed by atoms with Crippen molar-refractivity contribution in [2.75, 3.05) is 14.2 Å². The minimum atomic E-state index is -4.37. The number of carbonyl (C=O) groups excluding carboxylic acids is 1. The third kappa shape index (κ3) is 5.14. The van der Waals surface area contributed by atoms with Crippen LogP contribution >= 0.6 is 0 Å². The van der Waals surface area contributed by atoms with Crippen molar-refractivity contribution >= 4 is 5.91 Å². The van der Waals surface area contributed by atoms with Crippen LogP contribution in [0.15, 0.2) is 42.5 Å². The van der Waals surface area contributed by atoms with Gasteiger partial charge in [0.05, 0.1) is 26.2 Å². The van der Waals surface area contributed by atoms with Crippen LogP contribution in [0.4, 0.5) is 13.2 Å². The van der Waals surface area contributed by atoms with E-state index >= 15 is 0 Å². The topological polar surface area (TPSA) is 47.6 Å². The Morgan fingerprint density at radius 2 is 1.56 bits per heavy atom. The van der Waals surface area contributed by atoms with E-state index < -0.39 is 11.7 Å². The smallest absolute Gasteiger partial charge is 0.416 e. The number of carbonyl (C=O) groups is 1. The maximum atomic E-state index is 12.5. The Bertz CT molecular complexity index is 727. The van der Waals surface area contributed by atoms with Crippen molar-refractivity contribution in [1.29, 1.82) is 0 Å². The summed E-state index contributed by atoms with van der Waals surface area (Å²) in [4.78, 5) is 12.0. The Kier molecular flexibility index (Phi) is 5.90. The van der Waals surface area contributed by atoms with E-state index in [4.69, 9.17) is 9.47 Å². The van der Waals surface area contributed by atoms with E-state index in [1.54, 1.807) is 18.2 Å². The lowest BCUT2D eigenvalue weighted by Gasteiger charge is -2.10. The van der Waals surface area contributed by atoms with Gasteiger partial charge >= 0.3 is 6.18 Å². The molecule has 0 spiro atoms. The highest BCUT2D eigenvalue weighted by Gasteiger charge is 2.29. The molecule has 1 amide bonds. The Balaban J connectivity index is 1.92. The van der Waals surface area contributed by atoms with Crippen molar-refractivity contribution in [3.8, 4) is 11.5 Å². The van der Waals surface area contributed by atoms with Gasteiger partial charge in [-0.15, -0.1) is 0 Å². The lowest BCUT2D eigenvalue weighted by molar-refractivity contribution is -0.137. The molecular formula is C18H18F3NO3. The predicted molar refractivity (Wildman–Crippen MR) is 86.5 cm³/mol. The molecule has 0 aliphatic heterocycles.